The normalized spacial score (nSPS) is 20.9. The Morgan fingerprint density at radius 1 is 1.56 bits per heavy atom. The van der Waals surface area contributed by atoms with Gasteiger partial charge in [0.2, 0.25) is 0 Å². The summed E-state index contributed by atoms with van der Waals surface area (Å²) in [6, 6.07) is 4.50. The van der Waals surface area contributed by atoms with E-state index in [1.807, 2.05) is 0 Å². The molecular weight excluding hydrogens is 251 g/mol. The van der Waals surface area contributed by atoms with Crippen molar-refractivity contribution in [1.29, 1.82) is 0 Å². The van der Waals surface area contributed by atoms with Gasteiger partial charge in [-0.05, 0) is 37.1 Å². The Bertz CT molecular complexity index is 453. The fraction of sp³-hybridized carbons (Fsp3) is 0.462. The van der Waals surface area contributed by atoms with Crippen LogP contribution in [0.4, 0.5) is 4.39 Å². The number of nitrogens with zero attached hydrogens (tertiary/aromatic N) is 1. The maximum atomic E-state index is 13.2. The number of β-amino-alcohol motifs (C(OH)–C–C–N with tert-alkyl or cyclic N) is 1. The highest BCUT2D eigenvalue weighted by atomic mass is 32.1. The van der Waals surface area contributed by atoms with E-state index in [9.17, 15) is 9.50 Å². The lowest BCUT2D eigenvalue weighted by molar-refractivity contribution is 0.0668. The number of thiocarbonyl (C=S) groups is 1. The van der Waals surface area contributed by atoms with Gasteiger partial charge in [-0.3, -0.25) is 4.90 Å². The van der Waals surface area contributed by atoms with Gasteiger partial charge in [-0.15, -0.1) is 0 Å². The average molecular weight is 268 g/mol. The Balaban J connectivity index is 2.15. The molecule has 0 radical (unpaired) electrons. The number of aliphatic hydroxyl groups excluding tert-OH is 1. The quantitative estimate of drug-likeness (QED) is 0.814. The molecule has 98 valence electrons. The maximum absolute atomic E-state index is 13.2. The van der Waals surface area contributed by atoms with Crippen molar-refractivity contribution >= 4 is 17.2 Å². The number of piperidine rings is 1. The van der Waals surface area contributed by atoms with Crippen LogP contribution in [0.15, 0.2) is 18.2 Å². The number of likely N-dealkylation sites (tertiary alicyclic amines) is 1. The molecule has 1 aliphatic heterocycles. The lowest BCUT2D eigenvalue weighted by Crippen LogP contribution is -2.38. The monoisotopic (exact) mass is 268 g/mol. The van der Waals surface area contributed by atoms with Gasteiger partial charge in [-0.2, -0.15) is 0 Å². The van der Waals surface area contributed by atoms with Crippen molar-refractivity contribution in [3.8, 4) is 0 Å². The van der Waals surface area contributed by atoms with Crippen LogP contribution >= 0.6 is 12.2 Å². The third-order valence-corrected chi connectivity index (χ3v) is 3.43. The zero-order valence-corrected chi connectivity index (χ0v) is 10.9. The highest BCUT2D eigenvalue weighted by molar-refractivity contribution is 7.80. The van der Waals surface area contributed by atoms with E-state index in [0.717, 1.165) is 24.9 Å². The molecule has 1 heterocycles. The molecule has 5 heteroatoms. The van der Waals surface area contributed by atoms with Crippen LogP contribution in [0, 0.1) is 5.82 Å². The molecule has 1 aromatic carbocycles. The average Bonchev–Trinajstić information content (AvgIpc) is 2.31. The third kappa shape index (κ3) is 3.25. The largest absolute Gasteiger partial charge is 0.392 e. The summed E-state index contributed by atoms with van der Waals surface area (Å²) in [6.07, 6.45) is 1.56. The number of rotatable bonds is 3. The van der Waals surface area contributed by atoms with Gasteiger partial charge >= 0.3 is 0 Å². The first-order chi connectivity index (χ1) is 8.56. The third-order valence-electron chi connectivity index (χ3n) is 3.21. The summed E-state index contributed by atoms with van der Waals surface area (Å²) in [5.41, 5.74) is 7.12. The second-order valence-corrected chi connectivity index (χ2v) is 5.14. The molecule has 0 saturated carbocycles. The van der Waals surface area contributed by atoms with Crippen molar-refractivity contribution in [1.82, 2.24) is 4.90 Å². The van der Waals surface area contributed by atoms with Gasteiger partial charge in [0.15, 0.2) is 0 Å². The van der Waals surface area contributed by atoms with Gasteiger partial charge in [-0.25, -0.2) is 4.39 Å². The number of aliphatic hydroxyl groups is 1. The van der Waals surface area contributed by atoms with Gasteiger partial charge < -0.3 is 10.8 Å². The molecule has 1 fully saturated rings. The smallest absolute Gasteiger partial charge is 0.123 e. The molecule has 1 unspecified atom stereocenters. The molecule has 0 aliphatic carbocycles. The molecular formula is C13H17FN2OS. The number of hydrogen-bond acceptors (Lipinski definition) is 3. The van der Waals surface area contributed by atoms with Gasteiger partial charge in [0.25, 0.3) is 0 Å². The molecule has 18 heavy (non-hydrogen) atoms. The molecule has 1 atom stereocenters. The number of nitrogens with two attached hydrogens (primary N) is 1. The Labute approximate surface area is 111 Å². The molecule has 2 rings (SSSR count). The number of halogens is 1. The Morgan fingerprint density at radius 3 is 3.00 bits per heavy atom. The highest BCUT2D eigenvalue weighted by Gasteiger charge is 2.19. The van der Waals surface area contributed by atoms with Crippen LogP contribution in [0.25, 0.3) is 0 Å². The van der Waals surface area contributed by atoms with Crippen LogP contribution in [-0.4, -0.2) is 34.2 Å². The first-order valence-electron chi connectivity index (χ1n) is 6.05. The Morgan fingerprint density at radius 2 is 2.33 bits per heavy atom. The zero-order chi connectivity index (χ0) is 13.1. The zero-order valence-electron chi connectivity index (χ0n) is 10.1. The van der Waals surface area contributed by atoms with Crippen LogP contribution in [0.1, 0.15) is 24.0 Å². The summed E-state index contributed by atoms with van der Waals surface area (Å²) in [5.74, 6) is -0.333. The van der Waals surface area contributed by atoms with Crippen molar-refractivity contribution in [2.45, 2.75) is 25.5 Å². The van der Waals surface area contributed by atoms with E-state index in [0.29, 0.717) is 18.7 Å². The fourth-order valence-corrected chi connectivity index (χ4v) is 2.52. The topological polar surface area (TPSA) is 49.5 Å². The van der Waals surface area contributed by atoms with Crippen LogP contribution in [-0.2, 0) is 6.54 Å². The summed E-state index contributed by atoms with van der Waals surface area (Å²) in [6.45, 7) is 2.23. The summed E-state index contributed by atoms with van der Waals surface area (Å²) in [4.78, 5) is 2.35. The molecule has 0 amide bonds. The Kier molecular flexibility index (Phi) is 4.27. The molecule has 0 aromatic heterocycles. The minimum Gasteiger partial charge on any atom is -0.392 e. The van der Waals surface area contributed by atoms with E-state index >= 15 is 0 Å². The van der Waals surface area contributed by atoms with Crippen molar-refractivity contribution in [2.75, 3.05) is 13.1 Å². The van der Waals surface area contributed by atoms with E-state index in [-0.39, 0.29) is 16.9 Å². The molecule has 3 nitrogen and oxygen atoms in total. The van der Waals surface area contributed by atoms with E-state index in [4.69, 9.17) is 18.0 Å². The Hall–Kier alpha value is -1.04. The van der Waals surface area contributed by atoms with Crippen molar-refractivity contribution in [2.24, 2.45) is 5.73 Å². The standard InChI is InChI=1S/C13H17FN2OS/c14-10-4-3-9(12(6-10)13(15)18)7-16-5-1-2-11(17)8-16/h3-4,6,11,17H,1-2,5,7-8H2,(H2,15,18). The van der Waals surface area contributed by atoms with Crippen LogP contribution in [0.3, 0.4) is 0 Å². The van der Waals surface area contributed by atoms with Gasteiger partial charge in [0, 0.05) is 18.7 Å². The van der Waals surface area contributed by atoms with E-state index in [1.165, 1.54) is 12.1 Å². The van der Waals surface area contributed by atoms with Crippen molar-refractivity contribution < 1.29 is 9.50 Å². The first-order valence-corrected chi connectivity index (χ1v) is 6.45. The molecule has 1 saturated heterocycles. The summed E-state index contributed by atoms with van der Waals surface area (Å²) in [5, 5.41) is 9.63. The maximum Gasteiger partial charge on any atom is 0.123 e. The van der Waals surface area contributed by atoms with Crippen LogP contribution in [0.2, 0.25) is 0 Å². The van der Waals surface area contributed by atoms with Gasteiger partial charge in [0.05, 0.1) is 6.10 Å². The lowest BCUT2D eigenvalue weighted by atomic mass is 10.0. The second-order valence-electron chi connectivity index (χ2n) is 4.70. The van der Waals surface area contributed by atoms with Crippen LogP contribution < -0.4 is 5.73 Å². The molecule has 1 aromatic rings. The highest BCUT2D eigenvalue weighted by Crippen LogP contribution is 2.17. The van der Waals surface area contributed by atoms with E-state index in [2.05, 4.69) is 4.90 Å². The predicted octanol–water partition coefficient (Wildman–Crippen LogP) is 1.42. The lowest BCUT2D eigenvalue weighted by Gasteiger charge is -2.30. The molecule has 3 N–H and O–H groups in total. The van der Waals surface area contributed by atoms with Crippen molar-refractivity contribution in [3.05, 3.63) is 35.1 Å². The van der Waals surface area contributed by atoms with Crippen LogP contribution in [0.5, 0.6) is 0 Å². The molecule has 0 bridgehead atoms. The second kappa shape index (κ2) is 5.73. The summed E-state index contributed by atoms with van der Waals surface area (Å²) in [7, 11) is 0. The van der Waals surface area contributed by atoms with Gasteiger partial charge in [0.1, 0.15) is 10.8 Å². The number of benzene rings is 1. The molecule has 0 spiro atoms. The van der Waals surface area contributed by atoms with E-state index in [1.54, 1.807) is 6.07 Å². The fourth-order valence-electron chi connectivity index (χ4n) is 2.33. The minimum atomic E-state index is -0.333. The number of hydrogen-bond donors (Lipinski definition) is 2. The van der Waals surface area contributed by atoms with Crippen molar-refractivity contribution in [3.63, 3.8) is 0 Å². The SMILES string of the molecule is NC(=S)c1cc(F)ccc1CN1CCCC(O)C1. The minimum absolute atomic E-state index is 0.210. The first kappa shape index (κ1) is 13.4. The summed E-state index contributed by atoms with van der Waals surface area (Å²) >= 11 is 4.94. The molecule has 1 aliphatic rings. The summed E-state index contributed by atoms with van der Waals surface area (Å²) < 4.78 is 13.2. The van der Waals surface area contributed by atoms with Gasteiger partial charge in [-0.1, -0.05) is 18.3 Å². The van der Waals surface area contributed by atoms with E-state index < -0.39 is 0 Å². The predicted molar refractivity (Wildman–Crippen MR) is 72.8 cm³/mol.